The van der Waals surface area contributed by atoms with Crippen LogP contribution in [0.4, 0.5) is 0 Å². The lowest BCUT2D eigenvalue weighted by molar-refractivity contribution is 0.233. The van der Waals surface area contributed by atoms with Crippen LogP contribution in [0, 0.1) is 0 Å². The van der Waals surface area contributed by atoms with Gasteiger partial charge in [-0.25, -0.2) is 0 Å². The quantitative estimate of drug-likeness (QED) is 0.648. The predicted molar refractivity (Wildman–Crippen MR) is 74.4 cm³/mol. The highest BCUT2D eigenvalue weighted by molar-refractivity contribution is 7.80. The zero-order valence-corrected chi connectivity index (χ0v) is 11.1. The molecule has 3 nitrogen and oxygen atoms in total. The molecule has 0 aliphatic carbocycles. The van der Waals surface area contributed by atoms with Gasteiger partial charge < -0.3 is 5.32 Å². The van der Waals surface area contributed by atoms with Crippen LogP contribution in [0.15, 0.2) is 18.3 Å². The zero-order valence-electron chi connectivity index (χ0n) is 10.3. The second kappa shape index (κ2) is 6.19. The first-order valence-corrected chi connectivity index (χ1v) is 6.61. The van der Waals surface area contributed by atoms with Gasteiger partial charge in [-0.1, -0.05) is 25.2 Å². The lowest BCUT2D eigenvalue weighted by Crippen LogP contribution is -2.42. The molecule has 1 aliphatic heterocycles. The van der Waals surface area contributed by atoms with Crippen LogP contribution >= 0.6 is 12.2 Å². The van der Waals surface area contributed by atoms with E-state index in [0.717, 1.165) is 49.7 Å². The van der Waals surface area contributed by atoms with Crippen molar-refractivity contribution in [2.24, 2.45) is 0 Å². The summed E-state index contributed by atoms with van der Waals surface area (Å²) in [6.07, 6.45) is 2.85. The highest BCUT2D eigenvalue weighted by atomic mass is 32.1. The minimum atomic E-state index is 0.888. The smallest absolute Gasteiger partial charge is 0.0769 e. The molecule has 0 aromatic carbocycles. The van der Waals surface area contributed by atoms with Crippen LogP contribution < -0.4 is 5.32 Å². The minimum Gasteiger partial charge on any atom is -0.314 e. The van der Waals surface area contributed by atoms with Crippen LogP contribution in [0.25, 0.3) is 0 Å². The number of hydrogen-bond acceptors (Lipinski definition) is 4. The van der Waals surface area contributed by atoms with Crippen LogP contribution in [0.5, 0.6) is 0 Å². The van der Waals surface area contributed by atoms with Crippen molar-refractivity contribution in [3.05, 3.63) is 29.6 Å². The van der Waals surface area contributed by atoms with Gasteiger partial charge in [0, 0.05) is 43.8 Å². The number of rotatable bonds is 4. The van der Waals surface area contributed by atoms with Crippen molar-refractivity contribution in [1.29, 1.82) is 0 Å². The zero-order chi connectivity index (χ0) is 12.1. The third kappa shape index (κ3) is 3.56. The molecule has 0 spiro atoms. The molecule has 1 N–H and O–H groups in total. The monoisotopic (exact) mass is 249 g/mol. The second-order valence-corrected chi connectivity index (χ2v) is 4.85. The second-order valence-electron chi connectivity index (χ2n) is 4.35. The molecule has 1 aliphatic rings. The Morgan fingerprint density at radius 1 is 1.41 bits per heavy atom. The normalized spacial score (nSPS) is 17.0. The van der Waals surface area contributed by atoms with Gasteiger partial charge in [-0.05, 0) is 18.1 Å². The van der Waals surface area contributed by atoms with E-state index in [0.29, 0.717) is 0 Å². The number of aromatic nitrogens is 1. The Hall–Kier alpha value is -0.840. The first kappa shape index (κ1) is 12.6. The molecule has 4 heteroatoms. The van der Waals surface area contributed by atoms with Crippen LogP contribution in [-0.4, -0.2) is 40.9 Å². The highest BCUT2D eigenvalue weighted by Gasteiger charge is 2.10. The summed E-state index contributed by atoms with van der Waals surface area (Å²) in [5.74, 6) is 0. The van der Waals surface area contributed by atoms with E-state index >= 15 is 0 Å². The van der Waals surface area contributed by atoms with Crippen molar-refractivity contribution < 1.29 is 0 Å². The molecule has 0 saturated carbocycles. The summed E-state index contributed by atoms with van der Waals surface area (Å²) < 4.78 is 0. The molecule has 0 bridgehead atoms. The third-order valence-corrected chi connectivity index (χ3v) is 3.55. The highest BCUT2D eigenvalue weighted by Crippen LogP contribution is 2.07. The Labute approximate surface area is 108 Å². The molecule has 0 radical (unpaired) electrons. The van der Waals surface area contributed by atoms with E-state index in [9.17, 15) is 0 Å². The molecular formula is C13H19N3S. The Kier molecular flexibility index (Phi) is 4.59. The summed E-state index contributed by atoms with van der Waals surface area (Å²) in [6, 6.07) is 4.19. The topological polar surface area (TPSA) is 28.2 Å². The standard InChI is InChI=1S/C13H19N3S/c1-2-13(17)12-4-3-11(9-15-12)10-16-7-5-14-6-8-16/h3-4,9,14H,2,5-8,10H2,1H3. The number of pyridine rings is 1. The molecular weight excluding hydrogens is 230 g/mol. The number of hydrogen-bond donors (Lipinski definition) is 1. The molecule has 0 atom stereocenters. The maximum Gasteiger partial charge on any atom is 0.0769 e. The Morgan fingerprint density at radius 2 is 2.18 bits per heavy atom. The molecule has 1 aromatic heterocycles. The summed E-state index contributed by atoms with van der Waals surface area (Å²) in [5, 5.41) is 3.36. The van der Waals surface area contributed by atoms with E-state index in [1.165, 1.54) is 5.56 Å². The van der Waals surface area contributed by atoms with E-state index < -0.39 is 0 Å². The Morgan fingerprint density at radius 3 is 2.76 bits per heavy atom. The van der Waals surface area contributed by atoms with Crippen molar-refractivity contribution >= 4 is 17.1 Å². The molecule has 17 heavy (non-hydrogen) atoms. The SMILES string of the molecule is CCC(=S)c1ccc(CN2CCNCC2)cn1. The van der Waals surface area contributed by atoms with E-state index in [1.54, 1.807) is 0 Å². The van der Waals surface area contributed by atoms with Crippen molar-refractivity contribution in [1.82, 2.24) is 15.2 Å². The van der Waals surface area contributed by atoms with Crippen LogP contribution in [0.1, 0.15) is 24.6 Å². The van der Waals surface area contributed by atoms with E-state index in [-0.39, 0.29) is 0 Å². The molecule has 0 unspecified atom stereocenters. The summed E-state index contributed by atoms with van der Waals surface area (Å²) in [5.41, 5.74) is 2.22. The lowest BCUT2D eigenvalue weighted by atomic mass is 10.2. The lowest BCUT2D eigenvalue weighted by Gasteiger charge is -2.27. The fourth-order valence-corrected chi connectivity index (χ4v) is 2.11. The maximum absolute atomic E-state index is 5.25. The summed E-state index contributed by atoms with van der Waals surface area (Å²) >= 11 is 5.25. The first-order chi connectivity index (χ1) is 8.29. The number of piperazine rings is 1. The van der Waals surface area contributed by atoms with Gasteiger partial charge in [0.15, 0.2) is 0 Å². The van der Waals surface area contributed by atoms with E-state index in [1.807, 2.05) is 12.3 Å². The largest absolute Gasteiger partial charge is 0.314 e. The van der Waals surface area contributed by atoms with Gasteiger partial charge >= 0.3 is 0 Å². The molecule has 2 rings (SSSR count). The number of thiocarbonyl (C=S) groups is 1. The van der Waals surface area contributed by atoms with Gasteiger partial charge in [-0.3, -0.25) is 9.88 Å². The molecule has 92 valence electrons. The summed E-state index contributed by atoms with van der Waals surface area (Å²) in [7, 11) is 0. The Balaban J connectivity index is 1.95. The summed E-state index contributed by atoms with van der Waals surface area (Å²) in [4.78, 5) is 7.82. The van der Waals surface area contributed by atoms with Gasteiger partial charge in [0.05, 0.1) is 5.69 Å². The van der Waals surface area contributed by atoms with Crippen molar-refractivity contribution in [2.45, 2.75) is 19.9 Å². The average Bonchev–Trinajstić information content (AvgIpc) is 2.40. The van der Waals surface area contributed by atoms with Gasteiger partial charge in [-0.15, -0.1) is 0 Å². The summed E-state index contributed by atoms with van der Waals surface area (Å²) in [6.45, 7) is 7.48. The molecule has 0 amide bonds. The molecule has 1 saturated heterocycles. The van der Waals surface area contributed by atoms with Gasteiger partial charge in [0.1, 0.15) is 0 Å². The van der Waals surface area contributed by atoms with Crippen LogP contribution in [-0.2, 0) is 6.54 Å². The third-order valence-electron chi connectivity index (χ3n) is 3.05. The van der Waals surface area contributed by atoms with Crippen molar-refractivity contribution in [2.75, 3.05) is 26.2 Å². The maximum atomic E-state index is 5.25. The number of nitrogens with one attached hydrogen (secondary N) is 1. The fourth-order valence-electron chi connectivity index (χ4n) is 1.99. The van der Waals surface area contributed by atoms with Crippen LogP contribution in [0.2, 0.25) is 0 Å². The first-order valence-electron chi connectivity index (χ1n) is 6.21. The molecule has 2 heterocycles. The van der Waals surface area contributed by atoms with E-state index in [2.05, 4.69) is 28.2 Å². The van der Waals surface area contributed by atoms with Gasteiger partial charge in [0.25, 0.3) is 0 Å². The van der Waals surface area contributed by atoms with Crippen molar-refractivity contribution in [3.8, 4) is 0 Å². The fraction of sp³-hybridized carbons (Fsp3) is 0.538. The van der Waals surface area contributed by atoms with Gasteiger partial charge in [0.2, 0.25) is 0 Å². The number of nitrogens with zero attached hydrogens (tertiary/aromatic N) is 2. The predicted octanol–water partition coefficient (Wildman–Crippen LogP) is 1.61. The van der Waals surface area contributed by atoms with E-state index in [4.69, 9.17) is 12.2 Å². The Bertz CT molecular complexity index is 369. The average molecular weight is 249 g/mol. The molecule has 1 aromatic rings. The molecule has 1 fully saturated rings. The van der Waals surface area contributed by atoms with Crippen LogP contribution in [0.3, 0.4) is 0 Å². The van der Waals surface area contributed by atoms with Crippen molar-refractivity contribution in [3.63, 3.8) is 0 Å². The van der Waals surface area contributed by atoms with Gasteiger partial charge in [-0.2, -0.15) is 0 Å². The minimum absolute atomic E-state index is 0.888.